The molecule has 3 aromatic carbocycles. The highest BCUT2D eigenvalue weighted by atomic mass is 16.5. The zero-order chi connectivity index (χ0) is 20.7. The Balaban J connectivity index is 1.39. The smallest absolute Gasteiger partial charge is 0.231 e. The summed E-state index contributed by atoms with van der Waals surface area (Å²) in [7, 11) is 1.99. The van der Waals surface area contributed by atoms with Gasteiger partial charge in [-0.2, -0.15) is 0 Å². The molecule has 1 aliphatic rings. The molecule has 0 spiro atoms. The molecule has 5 rings (SSSR count). The highest BCUT2D eigenvalue weighted by molar-refractivity contribution is 6.15. The normalized spacial score (nSPS) is 14.2. The van der Waals surface area contributed by atoms with Crippen LogP contribution >= 0.6 is 0 Å². The van der Waals surface area contributed by atoms with Crippen LogP contribution in [-0.4, -0.2) is 10.4 Å². The lowest BCUT2D eigenvalue weighted by molar-refractivity contribution is 0.101. The summed E-state index contributed by atoms with van der Waals surface area (Å²) in [6.45, 7) is 2.52. The zero-order valence-electron chi connectivity index (χ0n) is 16.9. The van der Waals surface area contributed by atoms with Gasteiger partial charge in [-0.05, 0) is 36.8 Å². The molecule has 0 unspecified atom stereocenters. The third kappa shape index (κ3) is 3.26. The van der Waals surface area contributed by atoms with Crippen molar-refractivity contribution in [2.45, 2.75) is 13.5 Å². The zero-order valence-corrected chi connectivity index (χ0v) is 16.9. The molecule has 0 amide bonds. The summed E-state index contributed by atoms with van der Waals surface area (Å²) in [6, 6.07) is 21.7. The minimum absolute atomic E-state index is 0.108. The van der Waals surface area contributed by atoms with Crippen LogP contribution in [0.4, 0.5) is 0 Å². The lowest BCUT2D eigenvalue weighted by Gasteiger charge is -2.07. The van der Waals surface area contributed by atoms with Crippen molar-refractivity contribution in [1.82, 2.24) is 4.57 Å². The fourth-order valence-electron chi connectivity index (χ4n) is 3.74. The largest absolute Gasteiger partial charge is 0.489 e. The molecule has 0 aliphatic carbocycles. The lowest BCUT2D eigenvalue weighted by Crippen LogP contribution is -1.97. The van der Waals surface area contributed by atoms with E-state index in [4.69, 9.17) is 9.47 Å². The first-order valence-corrected chi connectivity index (χ1v) is 9.89. The maximum Gasteiger partial charge on any atom is 0.231 e. The molecule has 0 atom stereocenters. The first-order valence-electron chi connectivity index (χ1n) is 9.89. The number of carbonyl (C=O) groups excluding carboxylic acids is 1. The molecule has 4 nitrogen and oxygen atoms in total. The Bertz CT molecular complexity index is 1300. The van der Waals surface area contributed by atoms with Crippen molar-refractivity contribution in [2.24, 2.45) is 7.05 Å². The van der Waals surface area contributed by atoms with E-state index in [0.29, 0.717) is 29.4 Å². The summed E-state index contributed by atoms with van der Waals surface area (Å²) in [6.07, 6.45) is 3.82. The Morgan fingerprint density at radius 1 is 1.03 bits per heavy atom. The first-order chi connectivity index (χ1) is 14.6. The van der Waals surface area contributed by atoms with Gasteiger partial charge in [-0.15, -0.1) is 0 Å². The van der Waals surface area contributed by atoms with Gasteiger partial charge in [0.15, 0.2) is 5.76 Å². The van der Waals surface area contributed by atoms with Crippen molar-refractivity contribution < 1.29 is 14.3 Å². The van der Waals surface area contributed by atoms with Crippen molar-refractivity contribution in [1.29, 1.82) is 0 Å². The summed E-state index contributed by atoms with van der Waals surface area (Å²) in [4.78, 5) is 12.8. The molecular formula is C26H21NO3. The van der Waals surface area contributed by atoms with Gasteiger partial charge in [0, 0.05) is 35.8 Å². The SMILES string of the molecule is Cc1ccc(COc2ccc3c(c2)OC(=Cc2cn(C)c4ccccc24)C3=O)cc1. The fourth-order valence-corrected chi connectivity index (χ4v) is 3.74. The highest BCUT2D eigenvalue weighted by Gasteiger charge is 2.28. The van der Waals surface area contributed by atoms with Crippen molar-refractivity contribution >= 4 is 22.8 Å². The summed E-state index contributed by atoms with van der Waals surface area (Å²) in [5, 5.41) is 1.09. The monoisotopic (exact) mass is 395 g/mol. The molecule has 30 heavy (non-hydrogen) atoms. The molecule has 148 valence electrons. The van der Waals surface area contributed by atoms with E-state index in [2.05, 4.69) is 25.1 Å². The molecule has 0 saturated carbocycles. The Morgan fingerprint density at radius 3 is 2.67 bits per heavy atom. The number of ketones is 1. The third-order valence-electron chi connectivity index (χ3n) is 5.38. The molecule has 4 heteroatoms. The van der Waals surface area contributed by atoms with Gasteiger partial charge in [-0.25, -0.2) is 0 Å². The molecule has 1 aromatic heterocycles. The highest BCUT2D eigenvalue weighted by Crippen LogP contribution is 2.36. The van der Waals surface area contributed by atoms with Crippen LogP contribution in [0.2, 0.25) is 0 Å². The number of hydrogen-bond donors (Lipinski definition) is 0. The Hall–Kier alpha value is -3.79. The van der Waals surface area contributed by atoms with Gasteiger partial charge in [-0.1, -0.05) is 48.0 Å². The average Bonchev–Trinajstić information content (AvgIpc) is 3.24. The van der Waals surface area contributed by atoms with Crippen LogP contribution in [0, 0.1) is 6.92 Å². The summed E-state index contributed by atoms with van der Waals surface area (Å²) in [5.74, 6) is 1.43. The van der Waals surface area contributed by atoms with Crippen LogP contribution in [0.3, 0.4) is 0 Å². The number of carbonyl (C=O) groups is 1. The van der Waals surface area contributed by atoms with Crippen LogP contribution in [-0.2, 0) is 13.7 Å². The van der Waals surface area contributed by atoms with E-state index in [0.717, 1.165) is 22.0 Å². The molecule has 0 radical (unpaired) electrons. The Morgan fingerprint density at radius 2 is 1.83 bits per heavy atom. The van der Waals surface area contributed by atoms with Crippen molar-refractivity contribution in [3.8, 4) is 11.5 Å². The van der Waals surface area contributed by atoms with Crippen LogP contribution in [0.5, 0.6) is 11.5 Å². The van der Waals surface area contributed by atoms with Crippen molar-refractivity contribution in [2.75, 3.05) is 0 Å². The second-order valence-corrected chi connectivity index (χ2v) is 7.58. The Labute approximate surface area is 175 Å². The summed E-state index contributed by atoms with van der Waals surface area (Å²) in [5.41, 5.74) is 4.94. The van der Waals surface area contributed by atoms with E-state index < -0.39 is 0 Å². The molecule has 1 aliphatic heterocycles. The van der Waals surface area contributed by atoms with Gasteiger partial charge in [0.1, 0.15) is 18.1 Å². The molecule has 0 fully saturated rings. The average molecular weight is 395 g/mol. The van der Waals surface area contributed by atoms with Crippen LogP contribution in [0.1, 0.15) is 27.0 Å². The maximum atomic E-state index is 12.8. The fraction of sp³-hybridized carbons (Fsp3) is 0.115. The number of aryl methyl sites for hydroxylation is 2. The van der Waals surface area contributed by atoms with Crippen molar-refractivity contribution in [3.63, 3.8) is 0 Å². The molecule has 0 bridgehead atoms. The predicted molar refractivity (Wildman–Crippen MR) is 118 cm³/mol. The van der Waals surface area contributed by atoms with Gasteiger partial charge in [0.05, 0.1) is 5.56 Å². The molecule has 2 heterocycles. The van der Waals surface area contributed by atoms with Gasteiger partial charge >= 0.3 is 0 Å². The van der Waals surface area contributed by atoms with E-state index >= 15 is 0 Å². The number of aromatic nitrogens is 1. The number of hydrogen-bond acceptors (Lipinski definition) is 3. The van der Waals surface area contributed by atoms with Crippen LogP contribution in [0.25, 0.3) is 17.0 Å². The van der Waals surface area contributed by atoms with E-state index in [1.165, 1.54) is 5.56 Å². The third-order valence-corrected chi connectivity index (χ3v) is 5.38. The van der Waals surface area contributed by atoms with Crippen LogP contribution < -0.4 is 9.47 Å². The topological polar surface area (TPSA) is 40.5 Å². The summed E-state index contributed by atoms with van der Waals surface area (Å²) >= 11 is 0. The second kappa shape index (κ2) is 7.23. The molecule has 4 aromatic rings. The van der Waals surface area contributed by atoms with Crippen LogP contribution in [0.15, 0.2) is 78.7 Å². The lowest BCUT2D eigenvalue weighted by atomic mass is 10.1. The number of rotatable bonds is 4. The van der Waals surface area contributed by atoms with E-state index in [1.54, 1.807) is 12.1 Å². The molecular weight excluding hydrogens is 374 g/mol. The van der Waals surface area contributed by atoms with Gasteiger partial charge in [0.2, 0.25) is 5.78 Å². The minimum Gasteiger partial charge on any atom is -0.489 e. The van der Waals surface area contributed by atoms with Gasteiger partial charge in [-0.3, -0.25) is 4.79 Å². The van der Waals surface area contributed by atoms with Crippen molar-refractivity contribution in [3.05, 3.63) is 101 Å². The van der Waals surface area contributed by atoms with E-state index in [9.17, 15) is 4.79 Å². The predicted octanol–water partition coefficient (Wildman–Crippen LogP) is 5.68. The standard InChI is InChI=1S/C26H21NO3/c1-17-7-9-18(10-8-17)16-29-20-11-12-22-24(14-20)30-25(26(22)28)13-19-15-27(2)23-6-4-3-5-21(19)23/h3-15H,16H2,1-2H3. The molecule has 0 saturated heterocycles. The summed E-state index contributed by atoms with van der Waals surface area (Å²) < 4.78 is 13.9. The number of Topliss-reactive ketones (excluding diaryl/α,β-unsaturated/α-hetero) is 1. The molecule has 0 N–H and O–H groups in total. The van der Waals surface area contributed by atoms with Gasteiger partial charge in [0.25, 0.3) is 0 Å². The second-order valence-electron chi connectivity index (χ2n) is 7.58. The number of benzene rings is 3. The first kappa shape index (κ1) is 18.3. The Kier molecular flexibility index (Phi) is 4.40. The number of fused-ring (bicyclic) bond motifs is 2. The minimum atomic E-state index is -0.108. The maximum absolute atomic E-state index is 12.8. The number of ether oxygens (including phenoxy) is 2. The van der Waals surface area contributed by atoms with E-state index in [-0.39, 0.29) is 5.78 Å². The number of para-hydroxylation sites is 1. The quantitative estimate of drug-likeness (QED) is 0.417. The van der Waals surface area contributed by atoms with Gasteiger partial charge < -0.3 is 14.0 Å². The number of allylic oxidation sites excluding steroid dienone is 1. The van der Waals surface area contributed by atoms with E-state index in [1.807, 2.05) is 60.3 Å². The number of nitrogens with zero attached hydrogens (tertiary/aromatic N) is 1.